The van der Waals surface area contributed by atoms with Gasteiger partial charge in [0, 0.05) is 24.6 Å². The van der Waals surface area contributed by atoms with Gasteiger partial charge >= 0.3 is 0 Å². The first-order chi connectivity index (χ1) is 12.0. The predicted octanol–water partition coefficient (Wildman–Crippen LogP) is 3.96. The van der Waals surface area contributed by atoms with Crippen molar-refractivity contribution in [3.63, 3.8) is 0 Å². The number of hydrogen-bond acceptors (Lipinski definition) is 4. The van der Waals surface area contributed by atoms with E-state index >= 15 is 0 Å². The van der Waals surface area contributed by atoms with Crippen LogP contribution in [0.25, 0.3) is 0 Å². The van der Waals surface area contributed by atoms with Gasteiger partial charge in [0.05, 0.1) is 17.9 Å². The largest absolute Gasteiger partial charge is 0.372 e. The Labute approximate surface area is 152 Å². The Morgan fingerprint density at radius 3 is 2.48 bits per heavy atom. The summed E-state index contributed by atoms with van der Waals surface area (Å²) in [5.41, 5.74) is 3.22. The highest BCUT2D eigenvalue weighted by Crippen LogP contribution is 2.41. The number of ether oxygens (including phenoxy) is 1. The highest BCUT2D eigenvalue weighted by Gasteiger charge is 2.33. The molecule has 2 aliphatic rings. The highest BCUT2D eigenvalue weighted by molar-refractivity contribution is 6.28. The second-order valence-electron chi connectivity index (χ2n) is 6.99. The number of hydrogen-bond donors (Lipinski definition) is 0. The van der Waals surface area contributed by atoms with Crippen LogP contribution in [0.15, 0.2) is 24.3 Å². The third-order valence-electron chi connectivity index (χ3n) is 4.99. The fourth-order valence-corrected chi connectivity index (χ4v) is 4.22. The molecule has 4 rings (SSSR count). The van der Waals surface area contributed by atoms with Crippen molar-refractivity contribution < 1.29 is 9.13 Å². The molecule has 132 valence electrons. The molecule has 1 aromatic carbocycles. The van der Waals surface area contributed by atoms with Gasteiger partial charge in [-0.05, 0) is 56.0 Å². The summed E-state index contributed by atoms with van der Waals surface area (Å²) in [5.74, 6) is 0.854. The summed E-state index contributed by atoms with van der Waals surface area (Å²) in [4.78, 5) is 11.3. The fraction of sp³-hybridized carbons (Fsp3) is 0.474. The van der Waals surface area contributed by atoms with Crippen LogP contribution in [0, 0.1) is 5.82 Å². The molecule has 3 atom stereocenters. The maximum atomic E-state index is 13.2. The van der Waals surface area contributed by atoms with Crippen molar-refractivity contribution >= 4 is 17.4 Å². The number of aromatic nitrogens is 2. The first-order valence-electron chi connectivity index (χ1n) is 8.73. The number of nitrogens with zero attached hydrogens (tertiary/aromatic N) is 3. The SMILES string of the molecule is CC1CN(c2nc(Cl)nc3c2CCC3c2ccc(F)cc2)CC(C)O1. The quantitative estimate of drug-likeness (QED) is 0.759. The number of halogens is 2. The average molecular weight is 362 g/mol. The molecule has 2 aromatic rings. The lowest BCUT2D eigenvalue weighted by molar-refractivity contribution is -0.00551. The summed E-state index contributed by atoms with van der Waals surface area (Å²) >= 11 is 6.26. The van der Waals surface area contributed by atoms with Crippen molar-refractivity contribution in [1.82, 2.24) is 9.97 Å². The lowest BCUT2D eigenvalue weighted by Gasteiger charge is -2.37. The molecule has 0 spiro atoms. The van der Waals surface area contributed by atoms with Crippen LogP contribution in [-0.4, -0.2) is 35.3 Å². The van der Waals surface area contributed by atoms with Gasteiger partial charge in [-0.25, -0.2) is 14.4 Å². The van der Waals surface area contributed by atoms with E-state index in [0.29, 0.717) is 0 Å². The van der Waals surface area contributed by atoms with Gasteiger partial charge in [0.1, 0.15) is 11.6 Å². The molecule has 4 nitrogen and oxygen atoms in total. The van der Waals surface area contributed by atoms with Gasteiger partial charge in [0.2, 0.25) is 5.28 Å². The molecule has 1 aliphatic carbocycles. The molecule has 0 amide bonds. The number of morpholine rings is 1. The molecule has 2 heterocycles. The molecule has 1 aromatic heterocycles. The van der Waals surface area contributed by atoms with Crippen molar-refractivity contribution in [2.45, 2.75) is 44.8 Å². The van der Waals surface area contributed by atoms with Crippen LogP contribution in [0.2, 0.25) is 5.28 Å². The Balaban J connectivity index is 1.72. The summed E-state index contributed by atoms with van der Waals surface area (Å²) in [5, 5.41) is 0.273. The van der Waals surface area contributed by atoms with Gasteiger partial charge in [-0.3, -0.25) is 0 Å². The zero-order chi connectivity index (χ0) is 17.6. The zero-order valence-electron chi connectivity index (χ0n) is 14.4. The van der Waals surface area contributed by atoms with E-state index in [4.69, 9.17) is 16.3 Å². The number of benzene rings is 1. The van der Waals surface area contributed by atoms with E-state index in [0.717, 1.165) is 43.0 Å². The zero-order valence-corrected chi connectivity index (χ0v) is 15.1. The molecule has 1 fully saturated rings. The minimum atomic E-state index is -0.223. The van der Waals surface area contributed by atoms with Crippen LogP contribution in [-0.2, 0) is 11.2 Å². The van der Waals surface area contributed by atoms with Crippen molar-refractivity contribution in [2.75, 3.05) is 18.0 Å². The normalized spacial score (nSPS) is 25.9. The second kappa shape index (κ2) is 6.54. The van der Waals surface area contributed by atoms with Gasteiger partial charge in [0.15, 0.2) is 0 Å². The predicted molar refractivity (Wildman–Crippen MR) is 95.8 cm³/mol. The molecular weight excluding hydrogens is 341 g/mol. The molecular formula is C19H21ClFN3O. The van der Waals surface area contributed by atoms with Crippen molar-refractivity contribution in [3.8, 4) is 0 Å². The smallest absolute Gasteiger partial charge is 0.224 e. The lowest BCUT2D eigenvalue weighted by Crippen LogP contribution is -2.46. The Bertz CT molecular complexity index is 773. The summed E-state index contributed by atoms with van der Waals surface area (Å²) in [7, 11) is 0. The van der Waals surface area contributed by atoms with Crippen molar-refractivity contribution in [1.29, 1.82) is 0 Å². The van der Waals surface area contributed by atoms with Crippen LogP contribution in [0.4, 0.5) is 10.2 Å². The van der Waals surface area contributed by atoms with Gasteiger partial charge in [-0.2, -0.15) is 0 Å². The third-order valence-corrected chi connectivity index (χ3v) is 5.16. The average Bonchev–Trinajstić information content (AvgIpc) is 2.97. The Hall–Kier alpha value is -1.72. The van der Waals surface area contributed by atoms with Gasteiger partial charge < -0.3 is 9.64 Å². The van der Waals surface area contributed by atoms with Crippen LogP contribution in [0.3, 0.4) is 0 Å². The third kappa shape index (κ3) is 3.23. The van der Waals surface area contributed by atoms with Crippen molar-refractivity contribution in [3.05, 3.63) is 52.2 Å². The van der Waals surface area contributed by atoms with Crippen LogP contribution < -0.4 is 4.90 Å². The standard InChI is InChI=1S/C19H21ClFN3O/c1-11-9-24(10-12(2)25-11)18-16-8-7-15(17(16)22-19(20)23-18)13-3-5-14(21)6-4-13/h3-6,11-12,15H,7-10H2,1-2H3. The molecule has 1 aliphatic heterocycles. The molecule has 3 unspecified atom stereocenters. The van der Waals surface area contributed by atoms with E-state index in [2.05, 4.69) is 28.7 Å². The maximum absolute atomic E-state index is 13.2. The summed E-state index contributed by atoms with van der Waals surface area (Å²) < 4.78 is 19.1. The van der Waals surface area contributed by atoms with E-state index in [1.54, 1.807) is 0 Å². The Kier molecular flexibility index (Phi) is 4.38. The molecule has 0 N–H and O–H groups in total. The van der Waals surface area contributed by atoms with E-state index < -0.39 is 0 Å². The lowest BCUT2D eigenvalue weighted by atomic mass is 9.97. The highest BCUT2D eigenvalue weighted by atomic mass is 35.5. The van der Waals surface area contributed by atoms with Gasteiger partial charge in [-0.1, -0.05) is 12.1 Å². The monoisotopic (exact) mass is 361 g/mol. The van der Waals surface area contributed by atoms with Gasteiger partial charge in [0.25, 0.3) is 0 Å². The van der Waals surface area contributed by atoms with E-state index in [-0.39, 0.29) is 29.2 Å². The molecule has 1 saturated heterocycles. The first kappa shape index (κ1) is 16.7. The second-order valence-corrected chi connectivity index (χ2v) is 7.32. The van der Waals surface area contributed by atoms with E-state index in [9.17, 15) is 4.39 Å². The number of fused-ring (bicyclic) bond motifs is 1. The molecule has 6 heteroatoms. The van der Waals surface area contributed by atoms with Crippen LogP contribution in [0.1, 0.15) is 43.0 Å². The molecule has 25 heavy (non-hydrogen) atoms. The number of anilines is 1. The topological polar surface area (TPSA) is 38.2 Å². The first-order valence-corrected chi connectivity index (χ1v) is 9.11. The molecule has 0 bridgehead atoms. The summed E-state index contributed by atoms with van der Waals surface area (Å²) in [6, 6.07) is 6.68. The Morgan fingerprint density at radius 1 is 1.12 bits per heavy atom. The number of rotatable bonds is 2. The summed E-state index contributed by atoms with van der Waals surface area (Å²) in [6.07, 6.45) is 2.16. The van der Waals surface area contributed by atoms with Crippen LogP contribution in [0.5, 0.6) is 0 Å². The van der Waals surface area contributed by atoms with Crippen LogP contribution >= 0.6 is 11.6 Å². The minimum Gasteiger partial charge on any atom is -0.372 e. The van der Waals surface area contributed by atoms with Gasteiger partial charge in [-0.15, -0.1) is 0 Å². The summed E-state index contributed by atoms with van der Waals surface area (Å²) in [6.45, 7) is 5.75. The fourth-order valence-electron chi connectivity index (χ4n) is 4.05. The Morgan fingerprint density at radius 2 is 1.80 bits per heavy atom. The maximum Gasteiger partial charge on any atom is 0.224 e. The van der Waals surface area contributed by atoms with E-state index in [1.165, 1.54) is 17.7 Å². The molecule has 0 radical (unpaired) electrons. The minimum absolute atomic E-state index is 0.144. The molecule has 0 saturated carbocycles. The van der Waals surface area contributed by atoms with Crippen molar-refractivity contribution in [2.24, 2.45) is 0 Å². The van der Waals surface area contributed by atoms with E-state index in [1.807, 2.05) is 12.1 Å².